The molecule has 0 amide bonds. The zero-order valence-corrected chi connectivity index (χ0v) is 15.4. The standard InChI is InChI=1S/C15H11ClN2O2S.Na/c16-14-7-6-13(21-14)12-8-10(9-15(19)20)17-18(12)11-4-2-1-3-5-11;/h1-8H,9H2,(H,19,20);/q;+1/p-1. The van der Waals surface area contributed by atoms with Gasteiger partial charge in [0.25, 0.3) is 0 Å². The molecule has 0 N–H and O–H groups in total. The molecule has 3 rings (SSSR count). The Morgan fingerprint density at radius 3 is 2.55 bits per heavy atom. The number of hydrogen-bond donors (Lipinski definition) is 0. The van der Waals surface area contributed by atoms with E-state index in [0.717, 1.165) is 16.3 Å². The van der Waals surface area contributed by atoms with Crippen molar-refractivity contribution in [2.75, 3.05) is 0 Å². The first-order valence-corrected chi connectivity index (χ1v) is 7.43. The summed E-state index contributed by atoms with van der Waals surface area (Å²) in [6.07, 6.45) is -0.216. The summed E-state index contributed by atoms with van der Waals surface area (Å²) in [6.45, 7) is 0. The second kappa shape index (κ2) is 7.44. The van der Waals surface area contributed by atoms with Gasteiger partial charge in [-0.15, -0.1) is 11.3 Å². The number of halogens is 1. The van der Waals surface area contributed by atoms with Crippen molar-refractivity contribution in [2.24, 2.45) is 0 Å². The van der Waals surface area contributed by atoms with Gasteiger partial charge in [-0.2, -0.15) is 5.10 Å². The molecule has 0 aliphatic carbocycles. The fraction of sp³-hybridized carbons (Fsp3) is 0.0667. The van der Waals surface area contributed by atoms with Crippen molar-refractivity contribution in [1.29, 1.82) is 0 Å². The van der Waals surface area contributed by atoms with Gasteiger partial charge in [0.2, 0.25) is 0 Å². The third-order valence-corrected chi connectivity index (χ3v) is 4.17. The number of benzene rings is 1. The van der Waals surface area contributed by atoms with Crippen molar-refractivity contribution < 1.29 is 39.5 Å². The molecule has 2 heterocycles. The molecule has 0 radical (unpaired) electrons. The van der Waals surface area contributed by atoms with Crippen LogP contribution < -0.4 is 34.7 Å². The molecule has 0 saturated carbocycles. The maximum absolute atomic E-state index is 10.8. The maximum atomic E-state index is 10.8. The average Bonchev–Trinajstić information content (AvgIpc) is 3.05. The summed E-state index contributed by atoms with van der Waals surface area (Å²) in [5, 5.41) is 15.2. The van der Waals surface area contributed by atoms with Gasteiger partial charge in [-0.25, -0.2) is 4.68 Å². The average molecular weight is 341 g/mol. The molecule has 0 spiro atoms. The van der Waals surface area contributed by atoms with E-state index >= 15 is 0 Å². The number of rotatable bonds is 4. The van der Waals surface area contributed by atoms with Gasteiger partial charge in [0, 0.05) is 12.4 Å². The van der Waals surface area contributed by atoms with E-state index in [1.54, 1.807) is 10.7 Å². The van der Waals surface area contributed by atoms with Gasteiger partial charge in [-0.1, -0.05) is 29.8 Å². The number of carbonyl (C=O) groups excluding carboxylic acids is 1. The first-order valence-electron chi connectivity index (χ1n) is 6.23. The van der Waals surface area contributed by atoms with E-state index < -0.39 is 5.97 Å². The molecule has 0 atom stereocenters. The van der Waals surface area contributed by atoms with Gasteiger partial charge < -0.3 is 9.90 Å². The molecule has 0 aliphatic heterocycles. The number of aliphatic carboxylic acids is 1. The Hall–Kier alpha value is -1.11. The van der Waals surface area contributed by atoms with Crippen LogP contribution in [0.4, 0.5) is 0 Å². The third-order valence-electron chi connectivity index (χ3n) is 2.91. The number of thiophene rings is 1. The van der Waals surface area contributed by atoms with E-state index in [9.17, 15) is 9.90 Å². The van der Waals surface area contributed by atoms with E-state index in [-0.39, 0.29) is 36.0 Å². The normalized spacial score (nSPS) is 10.2. The van der Waals surface area contributed by atoms with E-state index in [1.165, 1.54) is 11.3 Å². The largest absolute Gasteiger partial charge is 1.00 e. The molecule has 0 fully saturated rings. The Balaban J connectivity index is 0.00000176. The fourth-order valence-corrected chi connectivity index (χ4v) is 3.10. The predicted molar refractivity (Wildman–Crippen MR) is 80.6 cm³/mol. The zero-order valence-electron chi connectivity index (χ0n) is 11.8. The van der Waals surface area contributed by atoms with E-state index in [2.05, 4.69) is 5.10 Å². The zero-order chi connectivity index (χ0) is 14.8. The summed E-state index contributed by atoms with van der Waals surface area (Å²) in [5.41, 5.74) is 2.13. The molecule has 22 heavy (non-hydrogen) atoms. The van der Waals surface area contributed by atoms with Crippen LogP contribution >= 0.6 is 22.9 Å². The van der Waals surface area contributed by atoms with Crippen molar-refractivity contribution >= 4 is 28.9 Å². The van der Waals surface area contributed by atoms with Gasteiger partial charge >= 0.3 is 29.6 Å². The minimum absolute atomic E-state index is 0. The number of para-hydroxylation sites is 1. The summed E-state index contributed by atoms with van der Waals surface area (Å²) >= 11 is 7.41. The molecule has 0 bridgehead atoms. The predicted octanol–water partition coefficient (Wildman–Crippen LogP) is -0.449. The van der Waals surface area contributed by atoms with Gasteiger partial charge in [0.1, 0.15) is 0 Å². The Morgan fingerprint density at radius 1 is 1.23 bits per heavy atom. The van der Waals surface area contributed by atoms with Gasteiger partial charge in [-0.05, 0) is 30.3 Å². The smallest absolute Gasteiger partial charge is 0.550 e. The molecule has 7 heteroatoms. The number of carboxylic acid groups (broad SMARTS) is 1. The molecule has 0 saturated heterocycles. The molecular weight excluding hydrogens is 331 g/mol. The van der Waals surface area contributed by atoms with Crippen LogP contribution in [0.25, 0.3) is 16.3 Å². The Kier molecular flexibility index (Phi) is 5.83. The first kappa shape index (κ1) is 17.2. The van der Waals surface area contributed by atoms with Crippen LogP contribution in [-0.2, 0) is 11.2 Å². The molecule has 106 valence electrons. The van der Waals surface area contributed by atoms with Crippen LogP contribution in [0.15, 0.2) is 48.5 Å². The third kappa shape index (κ3) is 3.80. The number of carbonyl (C=O) groups is 1. The molecule has 2 aromatic heterocycles. The second-order valence-electron chi connectivity index (χ2n) is 4.42. The van der Waals surface area contributed by atoms with Crippen LogP contribution in [0, 0.1) is 0 Å². The molecule has 0 aliphatic rings. The van der Waals surface area contributed by atoms with Crippen LogP contribution in [-0.4, -0.2) is 15.7 Å². The first-order chi connectivity index (χ1) is 10.1. The summed E-state index contributed by atoms with van der Waals surface area (Å²) in [6, 6.07) is 15.0. The van der Waals surface area contributed by atoms with E-state index in [0.29, 0.717) is 10.0 Å². The van der Waals surface area contributed by atoms with Crippen molar-refractivity contribution in [2.45, 2.75) is 6.42 Å². The number of carboxylic acids is 1. The SMILES string of the molecule is O=C([O-])Cc1cc(-c2ccc(Cl)s2)n(-c2ccccc2)n1.[Na+]. The van der Waals surface area contributed by atoms with Crippen molar-refractivity contribution in [3.05, 3.63) is 58.6 Å². The Morgan fingerprint density at radius 2 is 1.95 bits per heavy atom. The number of hydrogen-bond acceptors (Lipinski definition) is 4. The van der Waals surface area contributed by atoms with Crippen LogP contribution in [0.1, 0.15) is 5.69 Å². The van der Waals surface area contributed by atoms with Gasteiger partial charge in [-0.3, -0.25) is 0 Å². The van der Waals surface area contributed by atoms with Crippen LogP contribution in [0.5, 0.6) is 0 Å². The van der Waals surface area contributed by atoms with E-state index in [1.807, 2.05) is 42.5 Å². The van der Waals surface area contributed by atoms with Crippen LogP contribution in [0.3, 0.4) is 0 Å². The quantitative estimate of drug-likeness (QED) is 0.605. The Bertz CT molecular complexity index is 786. The minimum atomic E-state index is -1.15. The van der Waals surface area contributed by atoms with Crippen molar-refractivity contribution in [3.8, 4) is 16.3 Å². The van der Waals surface area contributed by atoms with Crippen LogP contribution in [0.2, 0.25) is 4.34 Å². The van der Waals surface area contributed by atoms with Gasteiger partial charge in [0.05, 0.1) is 26.3 Å². The Labute approximate surface area is 158 Å². The summed E-state index contributed by atoms with van der Waals surface area (Å²) in [4.78, 5) is 11.7. The number of aromatic nitrogens is 2. The second-order valence-corrected chi connectivity index (χ2v) is 6.14. The molecular formula is C15H10ClN2NaO2S. The monoisotopic (exact) mass is 340 g/mol. The topological polar surface area (TPSA) is 57.9 Å². The summed E-state index contributed by atoms with van der Waals surface area (Å²) in [7, 11) is 0. The molecule has 3 aromatic rings. The fourth-order valence-electron chi connectivity index (χ4n) is 2.06. The number of nitrogens with zero attached hydrogens (tertiary/aromatic N) is 2. The van der Waals surface area contributed by atoms with Crippen molar-refractivity contribution in [1.82, 2.24) is 9.78 Å². The summed E-state index contributed by atoms with van der Waals surface area (Å²) < 4.78 is 2.40. The van der Waals surface area contributed by atoms with Gasteiger partial charge in [0.15, 0.2) is 0 Å². The molecule has 0 unspecified atom stereocenters. The molecule has 4 nitrogen and oxygen atoms in total. The maximum Gasteiger partial charge on any atom is 1.00 e. The minimum Gasteiger partial charge on any atom is -0.550 e. The van der Waals surface area contributed by atoms with E-state index in [4.69, 9.17) is 11.6 Å². The summed E-state index contributed by atoms with van der Waals surface area (Å²) in [5.74, 6) is -1.15. The molecule has 1 aromatic carbocycles. The van der Waals surface area contributed by atoms with Crippen molar-refractivity contribution in [3.63, 3.8) is 0 Å².